The minimum Gasteiger partial charge on any atom is -0.870 e. The third-order valence-corrected chi connectivity index (χ3v) is 12.8. The summed E-state index contributed by atoms with van der Waals surface area (Å²) >= 11 is 0. The largest absolute Gasteiger partial charge is 2.00 e. The maximum Gasteiger partial charge on any atom is 2.00 e. The van der Waals surface area contributed by atoms with E-state index in [1.807, 2.05) is 96.9 Å². The number of carbonyl (C=O) groups is 2. The number of aliphatic imine (C=N–C) groups is 2. The summed E-state index contributed by atoms with van der Waals surface area (Å²) in [6.07, 6.45) is -1.35. The quantitative estimate of drug-likeness (QED) is 0.0761. The first-order valence-corrected chi connectivity index (χ1v) is 26.0. The Morgan fingerprint density at radius 2 is 0.818 bits per heavy atom. The fourth-order valence-electron chi connectivity index (χ4n) is 9.20. The summed E-state index contributed by atoms with van der Waals surface area (Å²) in [4.78, 5) is 32.5. The summed E-state index contributed by atoms with van der Waals surface area (Å²) in [7, 11) is 0. The van der Waals surface area contributed by atoms with Gasteiger partial charge in [0.1, 0.15) is 23.0 Å². The minimum absolute atomic E-state index is 0. The molecule has 0 aliphatic heterocycles. The third-order valence-electron chi connectivity index (χ3n) is 12.8. The predicted molar refractivity (Wildman–Crippen MR) is 304 cm³/mol. The van der Waals surface area contributed by atoms with Crippen molar-refractivity contribution in [2.75, 3.05) is 13.2 Å². The van der Waals surface area contributed by atoms with Crippen molar-refractivity contribution in [3.63, 3.8) is 0 Å². The number of hydrogen-bond acceptors (Lipinski definition) is 10. The Kier molecular flexibility index (Phi) is 20.4. The Morgan fingerprint density at radius 1 is 0.506 bits per heavy atom. The summed E-state index contributed by atoms with van der Waals surface area (Å²) in [6.45, 7) is 36.2. The second-order valence-electron chi connectivity index (χ2n) is 23.5. The van der Waals surface area contributed by atoms with E-state index in [1.165, 1.54) is 33.0 Å². The average molecular weight is 1090 g/mol. The molecule has 13 heteroatoms. The first kappa shape index (κ1) is 62.7. The Hall–Kier alpha value is -6.85. The van der Waals surface area contributed by atoms with Gasteiger partial charge in [-0.15, -0.1) is 0 Å². The first-order valence-electron chi connectivity index (χ1n) is 26.0. The molecule has 7 rings (SSSR count). The molecule has 0 radical (unpaired) electrons. The third kappa shape index (κ3) is 14.8. The van der Waals surface area contributed by atoms with Gasteiger partial charge in [-0.1, -0.05) is 181 Å². The Bertz CT molecular complexity index is 2930. The molecule has 0 heterocycles. The van der Waals surface area contributed by atoms with Crippen LogP contribution in [-0.2, 0) is 38.2 Å². The number of hydrogen-bond donors (Lipinski definition) is 2. The van der Waals surface area contributed by atoms with Gasteiger partial charge in [-0.25, -0.2) is 19.6 Å². The zero-order valence-electron chi connectivity index (χ0n) is 48.3. The molecule has 414 valence electrons. The molecule has 0 atom stereocenters. The number of ether oxygens (including phenoxy) is 4. The molecule has 0 spiro atoms. The van der Waals surface area contributed by atoms with E-state index in [2.05, 4.69) is 100 Å². The van der Waals surface area contributed by atoms with Crippen LogP contribution in [0.3, 0.4) is 0 Å². The van der Waals surface area contributed by atoms with E-state index in [-0.39, 0.29) is 28.0 Å². The number of nitrogens with zero attached hydrogens (tertiary/aromatic N) is 2. The number of benzene rings is 6. The standard InChI is InChI=1S/C28H24N2.2C18H28O5.Ni/c1-17-9-5-10-18(2)25(17)29-27-22-15-7-13-21-14-8-16-23(24(21)22)28(27)30-26-19(3)11-6-12-20(26)4;2*1-8-9-22-12-10-11(17(2,3)4)15(23-16(20)21)14(19)13(12)18(5,6)7;/h5-16H,1-4H3;2*10,19H,8-9H2,1-7H3,(H,20,21);/q;;;+2/p-2. The van der Waals surface area contributed by atoms with Crippen LogP contribution in [0, 0.1) is 27.7 Å². The molecule has 2 N–H and O–H groups in total. The van der Waals surface area contributed by atoms with Crippen LogP contribution < -0.4 is 29.2 Å². The van der Waals surface area contributed by atoms with Gasteiger partial charge in [0.2, 0.25) is 0 Å². The van der Waals surface area contributed by atoms with Crippen LogP contribution in [-0.4, -0.2) is 47.2 Å². The van der Waals surface area contributed by atoms with Crippen molar-refractivity contribution >= 4 is 45.9 Å². The van der Waals surface area contributed by atoms with Gasteiger partial charge in [-0.3, -0.25) is 0 Å². The molecule has 12 nitrogen and oxygen atoms in total. The number of rotatable bonds is 10. The molecule has 0 aromatic heterocycles. The van der Waals surface area contributed by atoms with Gasteiger partial charge in [-0.2, -0.15) is 0 Å². The molecule has 0 unspecified atom stereocenters. The van der Waals surface area contributed by atoms with Crippen LogP contribution >= 0.6 is 0 Å². The number of aryl methyl sites for hydroxylation is 4. The molecule has 6 aromatic carbocycles. The number of para-hydroxylation sites is 2. The van der Waals surface area contributed by atoms with Crippen LogP contribution in [0.4, 0.5) is 21.0 Å². The Morgan fingerprint density at radius 3 is 1.09 bits per heavy atom. The average Bonchev–Trinajstić information content (AvgIpc) is 3.59. The predicted octanol–water partition coefficient (Wildman–Crippen LogP) is 15.7. The summed E-state index contributed by atoms with van der Waals surface area (Å²) in [5.74, 6) is -0.0755. The van der Waals surface area contributed by atoms with Gasteiger partial charge in [0, 0.05) is 27.6 Å². The van der Waals surface area contributed by atoms with Gasteiger partial charge < -0.3 is 39.4 Å². The minimum atomic E-state index is -1.49. The van der Waals surface area contributed by atoms with E-state index >= 15 is 0 Å². The summed E-state index contributed by atoms with van der Waals surface area (Å²) < 4.78 is 21.3. The topological polar surface area (TPSA) is 182 Å². The van der Waals surface area contributed by atoms with E-state index in [0.717, 1.165) is 46.8 Å². The molecule has 0 saturated heterocycles. The summed E-state index contributed by atoms with van der Waals surface area (Å²) in [5.41, 5.74) is 11.1. The van der Waals surface area contributed by atoms with E-state index in [9.17, 15) is 19.8 Å². The van der Waals surface area contributed by atoms with Crippen molar-refractivity contribution in [2.45, 2.75) is 159 Å². The maximum atomic E-state index is 12.9. The van der Waals surface area contributed by atoms with Crippen molar-refractivity contribution in [1.29, 1.82) is 0 Å². The summed E-state index contributed by atoms with van der Waals surface area (Å²) in [5, 5.41) is 46.3. The summed E-state index contributed by atoms with van der Waals surface area (Å²) in [6, 6.07) is 29.1. The van der Waals surface area contributed by atoms with Gasteiger partial charge in [0.25, 0.3) is 0 Å². The molecular weight excluding hydrogens is 1020 g/mol. The SMILES string of the molecule is CCCOc1cc(C(C)(C)C)c(OC(=O)O)c([O-])c1C(C)(C)C.CCCOc1cc(C(C)(C)C)c(OC(=O)O)c([O-])c1C(C)(C)C.Cc1cccc(C)c1N=C1C(=Nc2c(C)cccc2C)c2cccc3cccc1c23.[Ni+2]. The van der Waals surface area contributed by atoms with Gasteiger partial charge in [0.15, 0.2) is 0 Å². The molecule has 0 saturated carbocycles. The van der Waals surface area contributed by atoms with Crippen molar-refractivity contribution in [2.24, 2.45) is 9.98 Å². The van der Waals surface area contributed by atoms with Crippen LogP contribution in [0.1, 0.15) is 165 Å². The monoisotopic (exact) mass is 1090 g/mol. The van der Waals surface area contributed by atoms with Gasteiger partial charge >= 0.3 is 28.8 Å². The molecule has 6 aromatic rings. The first-order chi connectivity index (χ1) is 35.3. The van der Waals surface area contributed by atoms with Gasteiger partial charge in [0.05, 0.1) is 36.0 Å². The second-order valence-corrected chi connectivity index (χ2v) is 23.5. The second kappa shape index (κ2) is 25.1. The molecule has 0 fully saturated rings. The Labute approximate surface area is 466 Å². The fourth-order valence-corrected chi connectivity index (χ4v) is 9.20. The molecule has 1 aliphatic rings. The van der Waals surface area contributed by atoms with Crippen molar-refractivity contribution in [3.05, 3.63) is 141 Å². The van der Waals surface area contributed by atoms with E-state index in [0.29, 0.717) is 47.0 Å². The molecule has 0 amide bonds. The Balaban J connectivity index is 0.000000252. The van der Waals surface area contributed by atoms with E-state index in [1.54, 1.807) is 12.1 Å². The van der Waals surface area contributed by atoms with Crippen molar-refractivity contribution in [3.8, 4) is 34.5 Å². The van der Waals surface area contributed by atoms with E-state index < -0.39 is 45.5 Å². The molecular formula is C64H78N2NiO10. The normalized spacial score (nSPS) is 13.3. The van der Waals surface area contributed by atoms with Gasteiger partial charge in [-0.05, 0) is 113 Å². The van der Waals surface area contributed by atoms with Crippen molar-refractivity contribution < 1.29 is 65.5 Å². The zero-order chi connectivity index (χ0) is 56.8. The maximum absolute atomic E-state index is 12.9. The van der Waals surface area contributed by atoms with Crippen LogP contribution in [0.15, 0.2) is 94.9 Å². The molecule has 0 bridgehead atoms. The zero-order valence-corrected chi connectivity index (χ0v) is 49.3. The van der Waals surface area contributed by atoms with Crippen molar-refractivity contribution in [1.82, 2.24) is 0 Å². The molecule has 1 aliphatic carbocycles. The van der Waals surface area contributed by atoms with Crippen LogP contribution in [0.25, 0.3) is 10.8 Å². The molecule has 77 heavy (non-hydrogen) atoms. The smallest absolute Gasteiger partial charge is 0.870 e. The van der Waals surface area contributed by atoms with E-state index in [4.69, 9.17) is 39.1 Å². The fraction of sp³-hybridized carbons (Fsp3) is 0.406. The van der Waals surface area contributed by atoms with Crippen LogP contribution in [0.5, 0.6) is 34.5 Å². The van der Waals surface area contributed by atoms with Crippen LogP contribution in [0.2, 0.25) is 0 Å². The number of carboxylic acid groups (broad SMARTS) is 2.